The summed E-state index contributed by atoms with van der Waals surface area (Å²) in [5.74, 6) is -0.890. The van der Waals surface area contributed by atoms with E-state index in [4.69, 9.17) is 9.47 Å². The van der Waals surface area contributed by atoms with Crippen molar-refractivity contribution in [1.29, 1.82) is 0 Å². The molecule has 6 nitrogen and oxygen atoms in total. The fourth-order valence-corrected chi connectivity index (χ4v) is 2.81. The van der Waals surface area contributed by atoms with Gasteiger partial charge in [0.15, 0.2) is 5.92 Å². The summed E-state index contributed by atoms with van der Waals surface area (Å²) in [5.41, 5.74) is 2.22. The third kappa shape index (κ3) is 7.97. The molecule has 2 rings (SSSR count). The van der Waals surface area contributed by atoms with Crippen LogP contribution in [-0.2, 0) is 31.9 Å². The molecule has 0 unspecified atom stereocenters. The number of aromatic nitrogens is 1. The summed E-state index contributed by atoms with van der Waals surface area (Å²) < 4.78 is 9.97. The quantitative estimate of drug-likeness (QED) is 0.539. The van der Waals surface area contributed by atoms with Crippen LogP contribution in [0.15, 0.2) is 12.1 Å². The molecule has 1 aromatic heterocycles. The van der Waals surface area contributed by atoms with E-state index in [9.17, 15) is 9.59 Å². The zero-order chi connectivity index (χ0) is 19.4. The lowest BCUT2D eigenvalue weighted by Gasteiger charge is -2.18. The lowest BCUT2D eigenvalue weighted by atomic mass is 10.0. The van der Waals surface area contributed by atoms with Crippen molar-refractivity contribution in [2.45, 2.75) is 67.2 Å². The number of carbonyl (C=O) groups is 2. The van der Waals surface area contributed by atoms with Crippen molar-refractivity contribution < 1.29 is 19.1 Å². The Balaban J connectivity index is 0.00000218. The van der Waals surface area contributed by atoms with E-state index in [1.165, 1.54) is 5.56 Å². The smallest absolute Gasteiger partial charge is 0.320 e. The number of rotatable bonds is 8. The predicted octanol–water partition coefficient (Wildman–Crippen LogP) is 4.17. The van der Waals surface area contributed by atoms with Crippen molar-refractivity contribution in [1.82, 2.24) is 4.98 Å². The van der Waals surface area contributed by atoms with Crippen molar-refractivity contribution in [3.8, 4) is 0 Å². The summed E-state index contributed by atoms with van der Waals surface area (Å²) in [7, 11) is 0. The van der Waals surface area contributed by atoms with E-state index in [0.29, 0.717) is 19.3 Å². The molecule has 27 heavy (non-hydrogen) atoms. The highest BCUT2D eigenvalue weighted by Gasteiger charge is 2.28. The lowest BCUT2D eigenvalue weighted by Crippen LogP contribution is -2.28. The van der Waals surface area contributed by atoms with E-state index in [2.05, 4.69) is 16.4 Å². The minimum atomic E-state index is -0.847. The van der Waals surface area contributed by atoms with Crippen LogP contribution in [0, 0.1) is 5.92 Å². The molecule has 0 bridgehead atoms. The van der Waals surface area contributed by atoms with Crippen LogP contribution in [0.25, 0.3) is 0 Å². The summed E-state index contributed by atoms with van der Waals surface area (Å²) in [4.78, 5) is 28.5. The van der Waals surface area contributed by atoms with Crippen LogP contribution in [0.2, 0.25) is 0 Å². The number of ether oxygens (including phenoxy) is 2. The molecule has 0 aliphatic carbocycles. The van der Waals surface area contributed by atoms with E-state index >= 15 is 0 Å². The van der Waals surface area contributed by atoms with E-state index in [0.717, 1.165) is 30.9 Å². The number of pyridine rings is 1. The van der Waals surface area contributed by atoms with Gasteiger partial charge < -0.3 is 14.8 Å². The molecule has 0 radical (unpaired) electrons. The molecule has 154 valence electrons. The minimum absolute atomic E-state index is 0. The minimum Gasteiger partial charge on any atom is -0.465 e. The lowest BCUT2D eigenvalue weighted by molar-refractivity contribution is -0.161. The zero-order valence-corrected chi connectivity index (χ0v) is 16.5. The van der Waals surface area contributed by atoms with Gasteiger partial charge >= 0.3 is 11.9 Å². The summed E-state index contributed by atoms with van der Waals surface area (Å²) >= 11 is 0. The molecule has 1 aliphatic heterocycles. The fraction of sp³-hybridized carbons (Fsp3) is 0.667. The van der Waals surface area contributed by atoms with Gasteiger partial charge in [-0.15, -0.1) is 0 Å². The number of aryl methyl sites for hydroxylation is 2. The maximum absolute atomic E-state index is 11.9. The number of carbonyl (C=O) groups excluding carboxylic acids is 2. The number of hydrogen-bond donors (Lipinski definition) is 1. The van der Waals surface area contributed by atoms with Gasteiger partial charge in [-0.2, -0.15) is 0 Å². The Morgan fingerprint density at radius 3 is 2.37 bits per heavy atom. The van der Waals surface area contributed by atoms with Crippen LogP contribution in [-0.4, -0.2) is 36.7 Å². The van der Waals surface area contributed by atoms with Crippen LogP contribution in [0.5, 0.6) is 0 Å². The monoisotopic (exact) mass is 380 g/mol. The van der Waals surface area contributed by atoms with Crippen LogP contribution in [0.1, 0.15) is 65.6 Å². The second-order valence-corrected chi connectivity index (χ2v) is 5.79. The average molecular weight is 381 g/mol. The molecule has 0 amide bonds. The zero-order valence-electron chi connectivity index (χ0n) is 16.5. The molecule has 0 saturated heterocycles. The normalized spacial score (nSPS) is 11.9. The van der Waals surface area contributed by atoms with Crippen molar-refractivity contribution in [3.05, 3.63) is 23.4 Å². The van der Waals surface area contributed by atoms with Gasteiger partial charge in [-0.1, -0.05) is 27.3 Å². The van der Waals surface area contributed by atoms with Gasteiger partial charge in [-0.25, -0.2) is 4.98 Å². The largest absolute Gasteiger partial charge is 0.465 e. The Bertz CT molecular complexity index is 557. The van der Waals surface area contributed by atoms with Gasteiger partial charge in [0, 0.05) is 12.2 Å². The van der Waals surface area contributed by atoms with Crippen molar-refractivity contribution in [2.24, 2.45) is 5.92 Å². The van der Waals surface area contributed by atoms with Crippen molar-refractivity contribution in [2.75, 3.05) is 25.1 Å². The van der Waals surface area contributed by atoms with E-state index in [1.54, 1.807) is 13.8 Å². The summed E-state index contributed by atoms with van der Waals surface area (Å²) in [5, 5.41) is 3.31. The second-order valence-electron chi connectivity index (χ2n) is 5.79. The number of nitrogens with one attached hydrogen (secondary N) is 1. The Morgan fingerprint density at radius 1 is 1.15 bits per heavy atom. The molecule has 0 aromatic carbocycles. The third-order valence-corrected chi connectivity index (χ3v) is 4.02. The SMILES string of the molecule is C.CC.CCOC(=O)C(CCCc1ccc2c(n1)NCCC2)C(=O)OCC. The Labute approximate surface area is 164 Å². The Kier molecular flexibility index (Phi) is 12.9. The first kappa shape index (κ1) is 24.9. The van der Waals surface area contributed by atoms with Crippen LogP contribution in [0.3, 0.4) is 0 Å². The van der Waals surface area contributed by atoms with Crippen molar-refractivity contribution in [3.63, 3.8) is 0 Å². The molecule has 0 fully saturated rings. The first-order valence-electron chi connectivity index (χ1n) is 9.71. The highest BCUT2D eigenvalue weighted by atomic mass is 16.6. The first-order valence-corrected chi connectivity index (χ1v) is 9.71. The maximum Gasteiger partial charge on any atom is 0.320 e. The summed E-state index contributed by atoms with van der Waals surface area (Å²) in [6.07, 6.45) is 3.99. The molecular formula is C21H36N2O4. The van der Waals surface area contributed by atoms with Crippen LogP contribution in [0.4, 0.5) is 5.82 Å². The standard InChI is InChI=1S/C18H26N2O4.C2H6.CH4/c1-3-23-17(21)15(18(22)24-4-2)9-5-8-14-11-10-13-7-6-12-19-16(13)20-14;1-2;/h10-11,15H,3-9,12H2,1-2H3,(H,19,20);1-2H3;1H4. The van der Waals surface area contributed by atoms with E-state index in [1.807, 2.05) is 19.9 Å². The summed E-state index contributed by atoms with van der Waals surface area (Å²) in [6.45, 7) is 8.92. The maximum atomic E-state index is 11.9. The van der Waals surface area contributed by atoms with Gasteiger partial charge in [0.25, 0.3) is 0 Å². The molecule has 6 heteroatoms. The topological polar surface area (TPSA) is 77.5 Å². The molecule has 0 spiro atoms. The Hall–Kier alpha value is -2.11. The van der Waals surface area contributed by atoms with Gasteiger partial charge in [-0.05, 0) is 57.6 Å². The van der Waals surface area contributed by atoms with Crippen molar-refractivity contribution >= 4 is 17.8 Å². The molecular weight excluding hydrogens is 344 g/mol. The number of hydrogen-bond acceptors (Lipinski definition) is 6. The van der Waals surface area contributed by atoms with E-state index < -0.39 is 17.9 Å². The van der Waals surface area contributed by atoms with Gasteiger partial charge in [0.1, 0.15) is 5.82 Å². The first-order chi connectivity index (χ1) is 12.7. The number of anilines is 1. The molecule has 0 saturated carbocycles. The van der Waals surface area contributed by atoms with Crippen LogP contribution < -0.4 is 5.32 Å². The van der Waals surface area contributed by atoms with E-state index in [-0.39, 0.29) is 20.6 Å². The predicted molar refractivity (Wildman–Crippen MR) is 109 cm³/mol. The number of fused-ring (bicyclic) bond motifs is 1. The number of nitrogens with zero attached hydrogens (tertiary/aromatic N) is 1. The van der Waals surface area contributed by atoms with Crippen LogP contribution >= 0.6 is 0 Å². The highest BCUT2D eigenvalue weighted by molar-refractivity contribution is 5.94. The van der Waals surface area contributed by atoms with Gasteiger partial charge in [-0.3, -0.25) is 9.59 Å². The molecule has 1 aromatic rings. The number of esters is 2. The molecule has 0 atom stereocenters. The molecule has 1 N–H and O–H groups in total. The Morgan fingerprint density at radius 2 is 1.78 bits per heavy atom. The highest BCUT2D eigenvalue weighted by Crippen LogP contribution is 2.21. The molecule has 2 heterocycles. The fourth-order valence-electron chi connectivity index (χ4n) is 2.81. The summed E-state index contributed by atoms with van der Waals surface area (Å²) in [6, 6.07) is 4.13. The van der Waals surface area contributed by atoms with Gasteiger partial charge in [0.2, 0.25) is 0 Å². The second kappa shape index (κ2) is 14.0. The average Bonchev–Trinajstić information content (AvgIpc) is 2.67. The molecule has 1 aliphatic rings. The third-order valence-electron chi connectivity index (χ3n) is 4.02. The van der Waals surface area contributed by atoms with Gasteiger partial charge in [0.05, 0.1) is 13.2 Å².